The van der Waals surface area contributed by atoms with Gasteiger partial charge in [-0.2, -0.15) is 4.31 Å². The van der Waals surface area contributed by atoms with Gasteiger partial charge in [-0.3, -0.25) is 0 Å². The van der Waals surface area contributed by atoms with Crippen LogP contribution in [0.3, 0.4) is 0 Å². The molecule has 0 spiro atoms. The molecular weight excluding hydrogens is 212 g/mol. The maximum atomic E-state index is 12.1. The van der Waals surface area contributed by atoms with Crippen molar-refractivity contribution >= 4 is 10.0 Å². The normalized spacial score (nSPS) is 24.7. The van der Waals surface area contributed by atoms with Gasteiger partial charge in [0.2, 0.25) is 10.0 Å². The maximum Gasteiger partial charge on any atom is 0.214 e. The lowest BCUT2D eigenvalue weighted by Gasteiger charge is -2.27. The lowest BCUT2D eigenvalue weighted by molar-refractivity contribution is 0.375. The first-order valence-corrected chi connectivity index (χ1v) is 7.07. The molecule has 0 aromatic carbocycles. The van der Waals surface area contributed by atoms with Crippen LogP contribution in [-0.4, -0.2) is 37.6 Å². The van der Waals surface area contributed by atoms with Crippen LogP contribution in [-0.2, 0) is 10.0 Å². The van der Waals surface area contributed by atoms with Crippen molar-refractivity contribution in [2.45, 2.75) is 39.7 Å². The molecule has 2 N–H and O–H groups in total. The molecule has 4 nitrogen and oxygen atoms in total. The van der Waals surface area contributed by atoms with Crippen LogP contribution in [0.2, 0.25) is 0 Å². The van der Waals surface area contributed by atoms with Gasteiger partial charge in [0.1, 0.15) is 0 Å². The predicted molar refractivity (Wildman–Crippen MR) is 62.0 cm³/mol. The van der Waals surface area contributed by atoms with Gasteiger partial charge in [-0.05, 0) is 18.3 Å². The standard InChI is InChI=1S/C10H22N2O2S/c1-10(2,3)8-15(13,14)12-6-4-5-9(12)7-11/h9H,4-8,11H2,1-3H3. The van der Waals surface area contributed by atoms with Crippen molar-refractivity contribution in [1.82, 2.24) is 4.31 Å². The molecule has 1 heterocycles. The van der Waals surface area contributed by atoms with Crippen LogP contribution in [0.15, 0.2) is 0 Å². The molecule has 1 fully saturated rings. The average molecular weight is 234 g/mol. The summed E-state index contributed by atoms with van der Waals surface area (Å²) in [5.74, 6) is 0.205. The summed E-state index contributed by atoms with van der Waals surface area (Å²) in [6.07, 6.45) is 1.84. The molecule has 5 heteroatoms. The van der Waals surface area contributed by atoms with Crippen molar-refractivity contribution < 1.29 is 8.42 Å². The summed E-state index contributed by atoms with van der Waals surface area (Å²) in [5, 5.41) is 0. The van der Waals surface area contributed by atoms with Gasteiger partial charge in [-0.25, -0.2) is 8.42 Å². The third kappa shape index (κ3) is 3.43. The molecule has 1 saturated heterocycles. The van der Waals surface area contributed by atoms with Crippen LogP contribution in [0.4, 0.5) is 0 Å². The van der Waals surface area contributed by atoms with E-state index >= 15 is 0 Å². The Balaban J connectivity index is 2.77. The predicted octanol–water partition coefficient (Wildman–Crippen LogP) is 0.785. The highest BCUT2D eigenvalue weighted by Crippen LogP contribution is 2.25. The van der Waals surface area contributed by atoms with E-state index in [9.17, 15) is 8.42 Å². The molecule has 0 aromatic rings. The molecular formula is C10H22N2O2S. The van der Waals surface area contributed by atoms with E-state index in [0.717, 1.165) is 12.8 Å². The van der Waals surface area contributed by atoms with Gasteiger partial charge in [-0.15, -0.1) is 0 Å². The molecule has 1 aliphatic heterocycles. The molecule has 0 radical (unpaired) electrons. The van der Waals surface area contributed by atoms with Crippen molar-refractivity contribution in [3.05, 3.63) is 0 Å². The van der Waals surface area contributed by atoms with Crippen LogP contribution in [0.25, 0.3) is 0 Å². The van der Waals surface area contributed by atoms with E-state index in [4.69, 9.17) is 5.73 Å². The van der Waals surface area contributed by atoms with Crippen LogP contribution in [0, 0.1) is 5.41 Å². The highest BCUT2D eigenvalue weighted by molar-refractivity contribution is 7.89. The second-order valence-corrected chi connectivity index (χ2v) is 7.38. The topological polar surface area (TPSA) is 63.4 Å². The maximum absolute atomic E-state index is 12.1. The Morgan fingerprint density at radius 3 is 2.47 bits per heavy atom. The third-order valence-electron chi connectivity index (χ3n) is 2.57. The molecule has 0 saturated carbocycles. The highest BCUT2D eigenvalue weighted by Gasteiger charge is 2.35. The van der Waals surface area contributed by atoms with Gasteiger partial charge in [0.05, 0.1) is 5.75 Å². The molecule has 90 valence electrons. The Bertz CT molecular complexity index is 306. The molecule has 15 heavy (non-hydrogen) atoms. The number of hydrogen-bond donors (Lipinski definition) is 1. The van der Waals surface area contributed by atoms with Crippen LogP contribution < -0.4 is 5.73 Å². The monoisotopic (exact) mass is 234 g/mol. The first kappa shape index (κ1) is 12.9. The van der Waals surface area contributed by atoms with E-state index in [1.54, 1.807) is 4.31 Å². The molecule has 0 bridgehead atoms. The number of sulfonamides is 1. The van der Waals surface area contributed by atoms with Crippen molar-refractivity contribution in [3.8, 4) is 0 Å². The van der Waals surface area contributed by atoms with E-state index in [1.165, 1.54) is 0 Å². The highest BCUT2D eigenvalue weighted by atomic mass is 32.2. The Labute approximate surface area is 92.9 Å². The number of nitrogens with two attached hydrogens (primary N) is 1. The third-order valence-corrected chi connectivity index (χ3v) is 4.99. The SMILES string of the molecule is CC(C)(C)CS(=O)(=O)N1CCCC1CN. The fraction of sp³-hybridized carbons (Fsp3) is 1.00. The second-order valence-electron chi connectivity index (χ2n) is 5.46. The van der Waals surface area contributed by atoms with Crippen LogP contribution in [0.5, 0.6) is 0 Å². The van der Waals surface area contributed by atoms with E-state index in [2.05, 4.69) is 0 Å². The summed E-state index contributed by atoms with van der Waals surface area (Å²) >= 11 is 0. The smallest absolute Gasteiger partial charge is 0.214 e. The Hall–Kier alpha value is -0.130. The number of nitrogens with zero attached hydrogens (tertiary/aromatic N) is 1. The fourth-order valence-corrected chi connectivity index (χ4v) is 4.35. The summed E-state index contributed by atoms with van der Waals surface area (Å²) in [5.41, 5.74) is 5.38. The quantitative estimate of drug-likeness (QED) is 0.785. The Kier molecular flexibility index (Phi) is 3.79. The largest absolute Gasteiger partial charge is 0.329 e. The van der Waals surface area contributed by atoms with Gasteiger partial charge in [-0.1, -0.05) is 20.8 Å². The molecule has 0 aliphatic carbocycles. The summed E-state index contributed by atoms with van der Waals surface area (Å²) < 4.78 is 25.8. The zero-order chi connectivity index (χ0) is 11.7. The fourth-order valence-electron chi connectivity index (χ4n) is 2.04. The molecule has 1 unspecified atom stereocenters. The minimum absolute atomic E-state index is 0.0253. The summed E-state index contributed by atoms with van der Waals surface area (Å²) in [7, 11) is -3.13. The lowest BCUT2D eigenvalue weighted by Crippen LogP contribution is -2.43. The van der Waals surface area contributed by atoms with Crippen molar-refractivity contribution in [1.29, 1.82) is 0 Å². The van der Waals surface area contributed by atoms with Gasteiger partial charge >= 0.3 is 0 Å². The molecule has 1 rings (SSSR count). The van der Waals surface area contributed by atoms with Crippen molar-refractivity contribution in [2.24, 2.45) is 11.1 Å². The summed E-state index contributed by atoms with van der Waals surface area (Å²) in [4.78, 5) is 0. The minimum atomic E-state index is -3.13. The molecule has 0 aromatic heterocycles. The molecule has 1 aliphatic rings. The zero-order valence-corrected chi connectivity index (χ0v) is 10.7. The molecule has 0 amide bonds. The van der Waals surface area contributed by atoms with E-state index in [1.807, 2.05) is 20.8 Å². The first-order valence-electron chi connectivity index (χ1n) is 5.46. The minimum Gasteiger partial charge on any atom is -0.329 e. The van der Waals surface area contributed by atoms with Crippen molar-refractivity contribution in [3.63, 3.8) is 0 Å². The lowest BCUT2D eigenvalue weighted by atomic mass is 10.0. The van der Waals surface area contributed by atoms with E-state index in [-0.39, 0.29) is 17.2 Å². The van der Waals surface area contributed by atoms with Gasteiger partial charge in [0, 0.05) is 19.1 Å². The first-order chi connectivity index (χ1) is 6.76. The van der Waals surface area contributed by atoms with Gasteiger partial charge < -0.3 is 5.73 Å². The zero-order valence-electron chi connectivity index (χ0n) is 9.86. The Morgan fingerprint density at radius 1 is 1.40 bits per heavy atom. The van der Waals surface area contributed by atoms with Crippen molar-refractivity contribution in [2.75, 3.05) is 18.8 Å². The van der Waals surface area contributed by atoms with Gasteiger partial charge in [0.15, 0.2) is 0 Å². The number of hydrogen-bond acceptors (Lipinski definition) is 3. The van der Waals surface area contributed by atoms with Gasteiger partial charge in [0.25, 0.3) is 0 Å². The average Bonchev–Trinajstić information content (AvgIpc) is 2.46. The summed E-state index contributed by atoms with van der Waals surface area (Å²) in [6, 6.07) is 0.0253. The van der Waals surface area contributed by atoms with Crippen LogP contribution in [0.1, 0.15) is 33.6 Å². The van der Waals surface area contributed by atoms with E-state index in [0.29, 0.717) is 13.1 Å². The Morgan fingerprint density at radius 2 is 2.00 bits per heavy atom. The second kappa shape index (κ2) is 4.39. The molecule has 1 atom stereocenters. The van der Waals surface area contributed by atoms with E-state index < -0.39 is 10.0 Å². The number of rotatable bonds is 3. The van der Waals surface area contributed by atoms with Crippen LogP contribution >= 0.6 is 0 Å². The summed E-state index contributed by atoms with van der Waals surface area (Å²) in [6.45, 7) is 6.90.